The van der Waals surface area contributed by atoms with E-state index in [1.54, 1.807) is 11.8 Å². The second kappa shape index (κ2) is 3.88. The van der Waals surface area contributed by atoms with E-state index >= 15 is 0 Å². The normalized spacial score (nSPS) is 29.2. The van der Waals surface area contributed by atoms with Gasteiger partial charge in [0.1, 0.15) is 6.04 Å². The summed E-state index contributed by atoms with van der Waals surface area (Å²) < 4.78 is 0. The Hall–Kier alpha value is -0.220. The van der Waals surface area contributed by atoms with Gasteiger partial charge in [0.25, 0.3) is 0 Å². The van der Waals surface area contributed by atoms with E-state index in [4.69, 9.17) is 5.11 Å². The highest BCUT2D eigenvalue weighted by molar-refractivity contribution is 8.00. The van der Waals surface area contributed by atoms with Gasteiger partial charge in [0, 0.05) is 5.75 Å². The van der Waals surface area contributed by atoms with Gasteiger partial charge >= 0.3 is 5.97 Å². The number of rotatable bonds is 3. The number of hydrogen-bond acceptors (Lipinski definition) is 3. The summed E-state index contributed by atoms with van der Waals surface area (Å²) in [6, 6.07) is -0.360. The SMILES string of the molecule is CCC(C)(C)C1NC(C(=O)O)CS1. The molecule has 2 atom stereocenters. The Balaban J connectivity index is 2.54. The van der Waals surface area contributed by atoms with Gasteiger partial charge in [-0.15, -0.1) is 11.8 Å². The molecule has 76 valence electrons. The molecule has 0 aromatic rings. The maximum atomic E-state index is 10.7. The smallest absolute Gasteiger partial charge is 0.321 e. The van der Waals surface area contributed by atoms with Crippen LogP contribution >= 0.6 is 11.8 Å². The van der Waals surface area contributed by atoms with Crippen molar-refractivity contribution in [1.29, 1.82) is 0 Å². The Labute approximate surface area is 83.3 Å². The summed E-state index contributed by atoms with van der Waals surface area (Å²) in [6.07, 6.45) is 1.06. The lowest BCUT2D eigenvalue weighted by Gasteiger charge is -2.29. The Morgan fingerprint density at radius 1 is 1.69 bits per heavy atom. The molecular formula is C9H17NO2S. The molecule has 2 unspecified atom stereocenters. The first-order valence-electron chi connectivity index (χ1n) is 4.58. The van der Waals surface area contributed by atoms with Crippen LogP contribution in [0.2, 0.25) is 0 Å². The average Bonchev–Trinajstić information content (AvgIpc) is 2.52. The largest absolute Gasteiger partial charge is 0.480 e. The Morgan fingerprint density at radius 2 is 2.31 bits per heavy atom. The molecule has 1 fully saturated rings. The van der Waals surface area contributed by atoms with Crippen LogP contribution in [0, 0.1) is 5.41 Å². The maximum Gasteiger partial charge on any atom is 0.321 e. The molecule has 13 heavy (non-hydrogen) atoms. The van der Waals surface area contributed by atoms with Gasteiger partial charge in [0.05, 0.1) is 5.37 Å². The molecule has 2 N–H and O–H groups in total. The van der Waals surface area contributed by atoms with Crippen molar-refractivity contribution in [3.8, 4) is 0 Å². The van der Waals surface area contributed by atoms with Crippen molar-refractivity contribution in [2.45, 2.75) is 38.6 Å². The Kier molecular flexibility index (Phi) is 3.24. The molecule has 1 saturated heterocycles. The number of nitrogens with one attached hydrogen (secondary N) is 1. The highest BCUT2D eigenvalue weighted by Crippen LogP contribution is 2.36. The molecule has 0 aliphatic carbocycles. The molecule has 3 nitrogen and oxygen atoms in total. The number of carbonyl (C=O) groups is 1. The third kappa shape index (κ3) is 2.38. The van der Waals surface area contributed by atoms with E-state index < -0.39 is 5.97 Å². The van der Waals surface area contributed by atoms with E-state index in [-0.39, 0.29) is 16.8 Å². The van der Waals surface area contributed by atoms with Crippen molar-refractivity contribution >= 4 is 17.7 Å². The second-order valence-electron chi connectivity index (χ2n) is 4.11. The average molecular weight is 203 g/mol. The summed E-state index contributed by atoms with van der Waals surface area (Å²) in [5, 5.41) is 12.2. The van der Waals surface area contributed by atoms with Crippen molar-refractivity contribution in [2.75, 3.05) is 5.75 Å². The minimum Gasteiger partial charge on any atom is -0.480 e. The molecule has 0 aromatic heterocycles. The highest BCUT2D eigenvalue weighted by atomic mass is 32.2. The topological polar surface area (TPSA) is 49.3 Å². The molecule has 1 rings (SSSR count). The van der Waals surface area contributed by atoms with Crippen LogP contribution in [0.3, 0.4) is 0 Å². The minimum absolute atomic E-state index is 0.175. The fourth-order valence-corrected chi connectivity index (χ4v) is 2.75. The van der Waals surface area contributed by atoms with Crippen molar-refractivity contribution in [2.24, 2.45) is 5.41 Å². The zero-order valence-corrected chi connectivity index (χ0v) is 9.15. The van der Waals surface area contributed by atoms with Crippen LogP contribution in [0.15, 0.2) is 0 Å². The van der Waals surface area contributed by atoms with E-state index in [1.807, 2.05) is 0 Å². The van der Waals surface area contributed by atoms with E-state index in [1.165, 1.54) is 0 Å². The fourth-order valence-electron chi connectivity index (χ4n) is 1.25. The molecule has 0 saturated carbocycles. The Morgan fingerprint density at radius 3 is 2.69 bits per heavy atom. The molecule has 0 amide bonds. The number of carboxylic acids is 1. The first-order chi connectivity index (χ1) is 5.97. The zero-order chi connectivity index (χ0) is 10.1. The summed E-state index contributed by atoms with van der Waals surface area (Å²) >= 11 is 1.72. The van der Waals surface area contributed by atoms with Crippen LogP contribution in [0.25, 0.3) is 0 Å². The van der Waals surface area contributed by atoms with Crippen molar-refractivity contribution < 1.29 is 9.90 Å². The predicted molar refractivity (Wildman–Crippen MR) is 54.9 cm³/mol. The van der Waals surface area contributed by atoms with Gasteiger partial charge in [-0.25, -0.2) is 0 Å². The van der Waals surface area contributed by atoms with Gasteiger partial charge in [0.15, 0.2) is 0 Å². The van der Waals surface area contributed by atoms with E-state index in [2.05, 4.69) is 26.1 Å². The first kappa shape index (κ1) is 10.9. The summed E-state index contributed by atoms with van der Waals surface area (Å²) in [5.74, 6) is -0.0504. The molecule has 1 aliphatic rings. The third-order valence-corrected chi connectivity index (χ3v) is 4.33. The van der Waals surface area contributed by atoms with Gasteiger partial charge in [-0.1, -0.05) is 20.8 Å². The zero-order valence-electron chi connectivity index (χ0n) is 8.33. The third-order valence-electron chi connectivity index (χ3n) is 2.70. The van der Waals surface area contributed by atoms with E-state index in [0.717, 1.165) is 6.42 Å². The number of thioether (sulfide) groups is 1. The summed E-state index contributed by atoms with van der Waals surface area (Å²) in [6.45, 7) is 6.47. The molecule has 0 bridgehead atoms. The molecule has 4 heteroatoms. The first-order valence-corrected chi connectivity index (χ1v) is 5.62. The van der Waals surface area contributed by atoms with E-state index in [9.17, 15) is 4.79 Å². The van der Waals surface area contributed by atoms with Gasteiger partial charge in [-0.3, -0.25) is 10.1 Å². The standard InChI is InChI=1S/C9H17NO2S/c1-4-9(2,3)8-10-6(5-13-8)7(11)12/h6,8,10H,4-5H2,1-3H3,(H,11,12). The van der Waals surface area contributed by atoms with Crippen LogP contribution in [0.5, 0.6) is 0 Å². The highest BCUT2D eigenvalue weighted by Gasteiger charge is 2.37. The molecule has 0 aromatic carbocycles. The molecule has 1 aliphatic heterocycles. The maximum absolute atomic E-state index is 10.7. The van der Waals surface area contributed by atoms with Crippen LogP contribution in [0.1, 0.15) is 27.2 Å². The van der Waals surface area contributed by atoms with Crippen molar-refractivity contribution in [3.05, 3.63) is 0 Å². The monoisotopic (exact) mass is 203 g/mol. The van der Waals surface area contributed by atoms with Crippen LogP contribution in [0.4, 0.5) is 0 Å². The number of hydrogen-bond donors (Lipinski definition) is 2. The van der Waals surface area contributed by atoms with Gasteiger partial charge in [-0.05, 0) is 11.8 Å². The molecule has 0 spiro atoms. The van der Waals surface area contributed by atoms with Crippen LogP contribution in [-0.4, -0.2) is 28.2 Å². The minimum atomic E-state index is -0.734. The van der Waals surface area contributed by atoms with Crippen molar-refractivity contribution in [1.82, 2.24) is 5.32 Å². The van der Waals surface area contributed by atoms with Gasteiger partial charge in [0.2, 0.25) is 0 Å². The lowest BCUT2D eigenvalue weighted by Crippen LogP contribution is -2.42. The lowest BCUT2D eigenvalue weighted by atomic mass is 9.90. The van der Waals surface area contributed by atoms with E-state index in [0.29, 0.717) is 5.75 Å². The van der Waals surface area contributed by atoms with Crippen molar-refractivity contribution in [3.63, 3.8) is 0 Å². The summed E-state index contributed by atoms with van der Waals surface area (Å²) in [4.78, 5) is 10.7. The summed E-state index contributed by atoms with van der Waals surface area (Å²) in [5.41, 5.74) is 0.175. The lowest BCUT2D eigenvalue weighted by molar-refractivity contribution is -0.138. The molecule has 0 radical (unpaired) electrons. The fraction of sp³-hybridized carbons (Fsp3) is 0.889. The van der Waals surface area contributed by atoms with Gasteiger partial charge in [-0.2, -0.15) is 0 Å². The molecule has 1 heterocycles. The number of aliphatic carboxylic acids is 1. The van der Waals surface area contributed by atoms with Gasteiger partial charge < -0.3 is 5.11 Å². The predicted octanol–water partition coefficient (Wildman–Crippen LogP) is 1.54. The van der Waals surface area contributed by atoms with Crippen LogP contribution < -0.4 is 5.32 Å². The Bertz CT molecular complexity index is 206. The second-order valence-corrected chi connectivity index (χ2v) is 5.25. The van der Waals surface area contributed by atoms with Crippen LogP contribution in [-0.2, 0) is 4.79 Å². The molecular weight excluding hydrogens is 186 g/mol. The number of carboxylic acid groups (broad SMARTS) is 1. The summed E-state index contributed by atoms with van der Waals surface area (Å²) in [7, 11) is 0. The quantitative estimate of drug-likeness (QED) is 0.730.